The molecule has 0 radical (unpaired) electrons. The molecule has 0 atom stereocenters. The summed E-state index contributed by atoms with van der Waals surface area (Å²) >= 11 is 0. The summed E-state index contributed by atoms with van der Waals surface area (Å²) in [5.74, 6) is 0.162. The smallest absolute Gasteiger partial charge is 0.268 e. The van der Waals surface area contributed by atoms with Crippen molar-refractivity contribution in [3.63, 3.8) is 0 Å². The van der Waals surface area contributed by atoms with Gasteiger partial charge in [0, 0.05) is 22.6 Å². The van der Waals surface area contributed by atoms with E-state index < -0.39 is 0 Å². The maximum absolute atomic E-state index is 13.4. The second-order valence-electron chi connectivity index (χ2n) is 7.46. The highest BCUT2D eigenvalue weighted by Gasteiger charge is 2.20. The molecule has 3 aromatic rings. The van der Waals surface area contributed by atoms with Gasteiger partial charge < -0.3 is 4.98 Å². The molecule has 1 aliphatic rings. The Kier molecular flexibility index (Phi) is 4.27. The van der Waals surface area contributed by atoms with Crippen molar-refractivity contribution in [1.82, 2.24) is 9.55 Å². The van der Waals surface area contributed by atoms with Crippen LogP contribution in [0.25, 0.3) is 16.6 Å². The van der Waals surface area contributed by atoms with Crippen LogP contribution in [-0.2, 0) is 12.8 Å². The number of aryl methyl sites for hydroxylation is 1. The number of fused-ring (bicyclic) bond motifs is 2. The largest absolute Gasteiger partial charge is 0.358 e. The molecule has 0 aliphatic heterocycles. The monoisotopic (exact) mass is 348 g/mol. The zero-order valence-corrected chi connectivity index (χ0v) is 15.3. The van der Waals surface area contributed by atoms with Crippen molar-refractivity contribution in [2.45, 2.75) is 51.9 Å². The molecule has 0 amide bonds. The Morgan fingerprint density at radius 3 is 2.46 bits per heavy atom. The van der Waals surface area contributed by atoms with Crippen LogP contribution in [0.3, 0.4) is 0 Å². The van der Waals surface area contributed by atoms with Gasteiger partial charge in [-0.1, -0.05) is 38.5 Å². The lowest BCUT2D eigenvalue weighted by Gasteiger charge is -2.18. The number of hydrogen-bond acceptors (Lipinski definition) is 2. The lowest BCUT2D eigenvalue weighted by atomic mass is 10.0. The molecule has 134 valence electrons. The number of benzene rings is 1. The van der Waals surface area contributed by atoms with Gasteiger partial charge in [-0.25, -0.2) is 0 Å². The summed E-state index contributed by atoms with van der Waals surface area (Å²) in [5.41, 5.74) is 3.92. The van der Waals surface area contributed by atoms with E-state index in [9.17, 15) is 9.59 Å². The second-order valence-corrected chi connectivity index (χ2v) is 7.46. The first kappa shape index (κ1) is 16.8. The minimum Gasteiger partial charge on any atom is -0.358 e. The van der Waals surface area contributed by atoms with Gasteiger partial charge in [0.15, 0.2) is 5.43 Å². The number of rotatable bonds is 2. The van der Waals surface area contributed by atoms with Gasteiger partial charge in [0.25, 0.3) is 5.56 Å². The van der Waals surface area contributed by atoms with Crippen molar-refractivity contribution in [3.05, 3.63) is 73.9 Å². The molecule has 0 spiro atoms. The van der Waals surface area contributed by atoms with E-state index in [0.717, 1.165) is 54.7 Å². The van der Waals surface area contributed by atoms with E-state index in [2.05, 4.69) is 18.8 Å². The maximum Gasteiger partial charge on any atom is 0.268 e. The van der Waals surface area contributed by atoms with Crippen molar-refractivity contribution in [3.8, 4) is 5.69 Å². The number of aromatic amines is 1. The Labute approximate surface area is 152 Å². The highest BCUT2D eigenvalue weighted by molar-refractivity contribution is 5.79. The summed E-state index contributed by atoms with van der Waals surface area (Å²) in [6.45, 7) is 4.14. The molecule has 1 N–H and O–H groups in total. The van der Waals surface area contributed by atoms with Crippen LogP contribution >= 0.6 is 0 Å². The fourth-order valence-electron chi connectivity index (χ4n) is 4.00. The first-order valence-electron chi connectivity index (χ1n) is 9.47. The van der Waals surface area contributed by atoms with Crippen LogP contribution in [-0.4, -0.2) is 9.55 Å². The molecule has 4 rings (SSSR count). The standard InChI is InChI=1S/C22H24N2O2/c1-14(2)19-13-18-20(22(26)24(19)15-9-5-3-6-10-15)21(25)16-11-7-4-8-12-17(16)23-18/h3,5-6,9-10,13-14H,4,7-8,11-12H2,1-2H3,(H,23,25). The summed E-state index contributed by atoms with van der Waals surface area (Å²) in [6, 6.07) is 11.6. The van der Waals surface area contributed by atoms with Gasteiger partial charge in [-0.3, -0.25) is 14.2 Å². The molecule has 4 nitrogen and oxygen atoms in total. The summed E-state index contributed by atoms with van der Waals surface area (Å²) in [7, 11) is 0. The van der Waals surface area contributed by atoms with E-state index in [1.165, 1.54) is 0 Å². The van der Waals surface area contributed by atoms with E-state index >= 15 is 0 Å². The SMILES string of the molecule is CC(C)c1cc2[nH]c3c(c(=O)c2c(=O)n1-c1ccccc1)CCCCC3. The van der Waals surface area contributed by atoms with Crippen molar-refractivity contribution in [2.24, 2.45) is 0 Å². The van der Waals surface area contributed by atoms with Crippen molar-refractivity contribution in [1.29, 1.82) is 0 Å². The van der Waals surface area contributed by atoms with Crippen LogP contribution in [0.1, 0.15) is 56.0 Å². The fraction of sp³-hybridized carbons (Fsp3) is 0.364. The lowest BCUT2D eigenvalue weighted by molar-refractivity contribution is 0.708. The predicted octanol–water partition coefficient (Wildman–Crippen LogP) is 4.07. The van der Waals surface area contributed by atoms with Crippen LogP contribution in [0.2, 0.25) is 0 Å². The first-order valence-corrected chi connectivity index (χ1v) is 9.47. The summed E-state index contributed by atoms with van der Waals surface area (Å²) in [4.78, 5) is 30.0. The van der Waals surface area contributed by atoms with Crippen LogP contribution in [0.5, 0.6) is 0 Å². The molecule has 2 heterocycles. The quantitative estimate of drug-likeness (QED) is 0.710. The van der Waals surface area contributed by atoms with Gasteiger partial charge in [-0.05, 0) is 49.8 Å². The van der Waals surface area contributed by atoms with Gasteiger partial charge in [-0.2, -0.15) is 0 Å². The van der Waals surface area contributed by atoms with Gasteiger partial charge in [-0.15, -0.1) is 0 Å². The molecule has 0 unspecified atom stereocenters. The van der Waals surface area contributed by atoms with Crippen LogP contribution in [0.15, 0.2) is 46.0 Å². The molecule has 2 aromatic heterocycles. The highest BCUT2D eigenvalue weighted by atomic mass is 16.1. The third kappa shape index (κ3) is 2.70. The van der Waals surface area contributed by atoms with Crippen molar-refractivity contribution < 1.29 is 0 Å². The summed E-state index contributed by atoms with van der Waals surface area (Å²) < 4.78 is 1.70. The number of hydrogen-bond donors (Lipinski definition) is 1. The molecule has 26 heavy (non-hydrogen) atoms. The Bertz CT molecular complexity index is 1080. The Morgan fingerprint density at radius 1 is 1.00 bits per heavy atom. The normalized spacial score (nSPS) is 14.4. The molecule has 1 aromatic carbocycles. The van der Waals surface area contributed by atoms with E-state index in [1.54, 1.807) is 4.57 Å². The Balaban J connectivity index is 2.11. The molecular formula is C22H24N2O2. The number of aromatic nitrogens is 2. The van der Waals surface area contributed by atoms with Gasteiger partial charge in [0.2, 0.25) is 0 Å². The van der Waals surface area contributed by atoms with E-state index in [0.29, 0.717) is 10.9 Å². The predicted molar refractivity (Wildman–Crippen MR) is 106 cm³/mol. The minimum atomic E-state index is -0.217. The number of para-hydroxylation sites is 1. The van der Waals surface area contributed by atoms with Crippen molar-refractivity contribution >= 4 is 10.9 Å². The number of nitrogens with zero attached hydrogens (tertiary/aromatic N) is 1. The van der Waals surface area contributed by atoms with Crippen LogP contribution < -0.4 is 11.0 Å². The lowest BCUT2D eigenvalue weighted by Crippen LogP contribution is -2.29. The molecule has 1 aliphatic carbocycles. The topological polar surface area (TPSA) is 54.9 Å². The zero-order valence-electron chi connectivity index (χ0n) is 15.3. The number of pyridine rings is 2. The Morgan fingerprint density at radius 2 is 1.73 bits per heavy atom. The molecule has 0 saturated heterocycles. The molecule has 4 heteroatoms. The third-order valence-electron chi connectivity index (χ3n) is 5.35. The first-order chi connectivity index (χ1) is 12.6. The number of H-pyrrole nitrogens is 1. The average molecular weight is 348 g/mol. The van der Waals surface area contributed by atoms with Crippen molar-refractivity contribution in [2.75, 3.05) is 0 Å². The molecule has 0 bridgehead atoms. The second kappa shape index (κ2) is 6.60. The Hall–Kier alpha value is -2.62. The van der Waals surface area contributed by atoms with E-state index in [1.807, 2.05) is 36.4 Å². The summed E-state index contributed by atoms with van der Waals surface area (Å²) in [5, 5.41) is 0.291. The molecular weight excluding hydrogens is 324 g/mol. The zero-order chi connectivity index (χ0) is 18.3. The van der Waals surface area contributed by atoms with E-state index in [4.69, 9.17) is 0 Å². The minimum absolute atomic E-state index is 0.0827. The maximum atomic E-state index is 13.4. The van der Waals surface area contributed by atoms with Gasteiger partial charge in [0.1, 0.15) is 5.39 Å². The highest BCUT2D eigenvalue weighted by Crippen LogP contribution is 2.23. The number of nitrogens with one attached hydrogen (secondary N) is 1. The van der Waals surface area contributed by atoms with Gasteiger partial charge >= 0.3 is 0 Å². The third-order valence-corrected chi connectivity index (χ3v) is 5.35. The van der Waals surface area contributed by atoms with E-state index in [-0.39, 0.29) is 16.9 Å². The average Bonchev–Trinajstić information content (AvgIpc) is 2.87. The summed E-state index contributed by atoms with van der Waals surface area (Å²) in [6.07, 6.45) is 4.88. The van der Waals surface area contributed by atoms with Crippen LogP contribution in [0, 0.1) is 0 Å². The molecule has 0 saturated carbocycles. The molecule has 0 fully saturated rings. The fourth-order valence-corrected chi connectivity index (χ4v) is 4.00. The van der Waals surface area contributed by atoms with Crippen LogP contribution in [0.4, 0.5) is 0 Å². The van der Waals surface area contributed by atoms with Gasteiger partial charge in [0.05, 0.1) is 5.52 Å².